The highest BCUT2D eigenvalue weighted by molar-refractivity contribution is 5.25. The van der Waals surface area contributed by atoms with Gasteiger partial charge in [0.15, 0.2) is 0 Å². The third-order valence-electron chi connectivity index (χ3n) is 2.69. The van der Waals surface area contributed by atoms with Crippen LogP contribution in [0.1, 0.15) is 23.5 Å². The molecule has 1 fully saturated rings. The largest absolute Gasteiger partial charge is 0.392 e. The molecule has 0 aromatic heterocycles. The SMILES string of the molecule is OCc1ccc(C2CCNC2)cc1. The summed E-state index contributed by atoms with van der Waals surface area (Å²) in [6, 6.07) is 8.27. The predicted octanol–water partition coefficient (Wildman–Crippen LogP) is 1.26. The van der Waals surface area contributed by atoms with Crippen LogP contribution in [-0.4, -0.2) is 18.2 Å². The average Bonchev–Trinajstić information content (AvgIpc) is 2.71. The van der Waals surface area contributed by atoms with Crippen molar-refractivity contribution in [1.29, 1.82) is 0 Å². The van der Waals surface area contributed by atoms with Crippen LogP contribution in [0.25, 0.3) is 0 Å². The van der Waals surface area contributed by atoms with Gasteiger partial charge in [-0.3, -0.25) is 0 Å². The van der Waals surface area contributed by atoms with Gasteiger partial charge in [0, 0.05) is 6.54 Å². The first-order valence-corrected chi connectivity index (χ1v) is 4.80. The maximum atomic E-state index is 8.88. The highest BCUT2D eigenvalue weighted by atomic mass is 16.3. The normalized spacial score (nSPS) is 22.1. The fourth-order valence-electron chi connectivity index (χ4n) is 1.83. The summed E-state index contributed by atoms with van der Waals surface area (Å²) in [4.78, 5) is 0. The molecule has 1 saturated heterocycles. The summed E-state index contributed by atoms with van der Waals surface area (Å²) >= 11 is 0. The van der Waals surface area contributed by atoms with E-state index < -0.39 is 0 Å². The van der Waals surface area contributed by atoms with Crippen molar-refractivity contribution in [3.05, 3.63) is 35.4 Å². The molecular formula is C11H15NO. The Kier molecular flexibility index (Phi) is 2.62. The first-order chi connectivity index (χ1) is 6.40. The summed E-state index contributed by atoms with van der Waals surface area (Å²) in [6.45, 7) is 2.37. The molecule has 2 rings (SSSR count). The average molecular weight is 177 g/mol. The van der Waals surface area contributed by atoms with Crippen LogP contribution in [0.3, 0.4) is 0 Å². The molecule has 2 heteroatoms. The number of hydrogen-bond acceptors (Lipinski definition) is 2. The molecule has 1 aliphatic rings. The first kappa shape index (κ1) is 8.73. The Morgan fingerprint density at radius 1 is 1.31 bits per heavy atom. The lowest BCUT2D eigenvalue weighted by Crippen LogP contribution is -2.07. The topological polar surface area (TPSA) is 32.3 Å². The van der Waals surface area contributed by atoms with E-state index in [1.165, 1.54) is 12.0 Å². The molecule has 0 spiro atoms. The monoisotopic (exact) mass is 177 g/mol. The van der Waals surface area contributed by atoms with Crippen LogP contribution in [0.4, 0.5) is 0 Å². The summed E-state index contributed by atoms with van der Waals surface area (Å²) in [5, 5.41) is 12.2. The van der Waals surface area contributed by atoms with Gasteiger partial charge in [0.05, 0.1) is 6.61 Å². The van der Waals surface area contributed by atoms with E-state index in [-0.39, 0.29) is 6.61 Å². The minimum atomic E-state index is 0.142. The Labute approximate surface area is 78.6 Å². The zero-order valence-corrected chi connectivity index (χ0v) is 7.66. The molecular weight excluding hydrogens is 162 g/mol. The van der Waals surface area contributed by atoms with Crippen LogP contribution in [0, 0.1) is 0 Å². The van der Waals surface area contributed by atoms with Crippen LogP contribution in [0.5, 0.6) is 0 Å². The molecule has 1 aliphatic heterocycles. The standard InChI is InChI=1S/C11H15NO/c13-8-9-1-3-10(4-2-9)11-5-6-12-7-11/h1-4,11-13H,5-8H2. The molecule has 1 atom stereocenters. The van der Waals surface area contributed by atoms with Crippen molar-refractivity contribution in [2.75, 3.05) is 13.1 Å². The molecule has 0 amide bonds. The van der Waals surface area contributed by atoms with Gasteiger partial charge in [0.2, 0.25) is 0 Å². The molecule has 0 saturated carbocycles. The highest BCUT2D eigenvalue weighted by Gasteiger charge is 2.15. The first-order valence-electron chi connectivity index (χ1n) is 4.80. The number of hydrogen-bond donors (Lipinski definition) is 2. The van der Waals surface area contributed by atoms with E-state index in [1.807, 2.05) is 12.1 Å². The third kappa shape index (κ3) is 1.90. The minimum absolute atomic E-state index is 0.142. The molecule has 1 heterocycles. The molecule has 1 aromatic rings. The lowest BCUT2D eigenvalue weighted by Gasteiger charge is -2.08. The van der Waals surface area contributed by atoms with Crippen molar-refractivity contribution in [2.24, 2.45) is 0 Å². The van der Waals surface area contributed by atoms with Gasteiger partial charge in [-0.05, 0) is 30.0 Å². The van der Waals surface area contributed by atoms with Crippen LogP contribution in [0.2, 0.25) is 0 Å². The van der Waals surface area contributed by atoms with E-state index in [0.29, 0.717) is 5.92 Å². The highest BCUT2D eigenvalue weighted by Crippen LogP contribution is 2.22. The van der Waals surface area contributed by atoms with Gasteiger partial charge in [-0.25, -0.2) is 0 Å². The van der Waals surface area contributed by atoms with E-state index in [9.17, 15) is 0 Å². The van der Waals surface area contributed by atoms with E-state index in [0.717, 1.165) is 18.7 Å². The molecule has 2 nitrogen and oxygen atoms in total. The zero-order chi connectivity index (χ0) is 9.10. The van der Waals surface area contributed by atoms with Gasteiger partial charge in [-0.2, -0.15) is 0 Å². The van der Waals surface area contributed by atoms with Crippen molar-refractivity contribution in [2.45, 2.75) is 18.9 Å². The molecule has 2 N–H and O–H groups in total. The molecule has 1 aromatic carbocycles. The van der Waals surface area contributed by atoms with Crippen molar-refractivity contribution < 1.29 is 5.11 Å². The summed E-state index contributed by atoms with van der Waals surface area (Å²) in [5.74, 6) is 0.674. The number of aliphatic hydroxyl groups excluding tert-OH is 1. The van der Waals surface area contributed by atoms with Gasteiger partial charge in [-0.1, -0.05) is 24.3 Å². The quantitative estimate of drug-likeness (QED) is 0.712. The van der Waals surface area contributed by atoms with E-state index in [2.05, 4.69) is 17.4 Å². The molecule has 0 bridgehead atoms. The maximum Gasteiger partial charge on any atom is 0.0681 e. The fraction of sp³-hybridized carbons (Fsp3) is 0.455. The number of nitrogens with one attached hydrogen (secondary N) is 1. The van der Waals surface area contributed by atoms with Crippen molar-refractivity contribution in [3.8, 4) is 0 Å². The fourth-order valence-corrected chi connectivity index (χ4v) is 1.83. The van der Waals surface area contributed by atoms with E-state index in [4.69, 9.17) is 5.11 Å². The Morgan fingerprint density at radius 2 is 2.08 bits per heavy atom. The number of aliphatic hydroxyl groups is 1. The predicted molar refractivity (Wildman–Crippen MR) is 52.6 cm³/mol. The smallest absolute Gasteiger partial charge is 0.0681 e. The van der Waals surface area contributed by atoms with Crippen LogP contribution in [-0.2, 0) is 6.61 Å². The molecule has 70 valence electrons. The maximum absolute atomic E-state index is 8.88. The van der Waals surface area contributed by atoms with Gasteiger partial charge < -0.3 is 10.4 Å². The Bertz CT molecular complexity index is 262. The Hall–Kier alpha value is -0.860. The van der Waals surface area contributed by atoms with Crippen molar-refractivity contribution in [1.82, 2.24) is 5.32 Å². The minimum Gasteiger partial charge on any atom is -0.392 e. The summed E-state index contributed by atoms with van der Waals surface area (Å²) < 4.78 is 0. The van der Waals surface area contributed by atoms with Crippen LogP contribution in [0.15, 0.2) is 24.3 Å². The number of benzene rings is 1. The summed E-state index contributed by atoms with van der Waals surface area (Å²) in [7, 11) is 0. The van der Waals surface area contributed by atoms with Crippen molar-refractivity contribution >= 4 is 0 Å². The lowest BCUT2D eigenvalue weighted by atomic mass is 9.97. The second kappa shape index (κ2) is 3.90. The second-order valence-electron chi connectivity index (χ2n) is 3.59. The Morgan fingerprint density at radius 3 is 2.62 bits per heavy atom. The van der Waals surface area contributed by atoms with Gasteiger partial charge in [0.25, 0.3) is 0 Å². The zero-order valence-electron chi connectivity index (χ0n) is 7.66. The van der Waals surface area contributed by atoms with Gasteiger partial charge >= 0.3 is 0 Å². The van der Waals surface area contributed by atoms with Gasteiger partial charge in [-0.15, -0.1) is 0 Å². The summed E-state index contributed by atoms with van der Waals surface area (Å²) in [5.41, 5.74) is 2.39. The van der Waals surface area contributed by atoms with Crippen LogP contribution < -0.4 is 5.32 Å². The molecule has 1 unspecified atom stereocenters. The third-order valence-corrected chi connectivity index (χ3v) is 2.69. The van der Waals surface area contributed by atoms with E-state index in [1.54, 1.807) is 0 Å². The molecule has 0 aliphatic carbocycles. The van der Waals surface area contributed by atoms with E-state index >= 15 is 0 Å². The number of rotatable bonds is 2. The van der Waals surface area contributed by atoms with Crippen LogP contribution >= 0.6 is 0 Å². The van der Waals surface area contributed by atoms with Gasteiger partial charge in [0.1, 0.15) is 0 Å². The van der Waals surface area contributed by atoms with Crippen molar-refractivity contribution in [3.63, 3.8) is 0 Å². The summed E-state index contributed by atoms with van der Waals surface area (Å²) in [6.07, 6.45) is 1.23. The molecule has 13 heavy (non-hydrogen) atoms. The molecule has 0 radical (unpaired) electrons. The lowest BCUT2D eigenvalue weighted by molar-refractivity contribution is 0.282. The Balaban J connectivity index is 2.12. The second-order valence-corrected chi connectivity index (χ2v) is 3.59.